The third kappa shape index (κ3) is 4.11. The van der Waals surface area contributed by atoms with Crippen LogP contribution >= 0.6 is 11.6 Å². The van der Waals surface area contributed by atoms with Crippen LogP contribution in [-0.4, -0.2) is 27.8 Å². The first-order valence-corrected chi connectivity index (χ1v) is 9.04. The Bertz CT molecular complexity index is 1190. The molecule has 1 heterocycles. The summed E-state index contributed by atoms with van der Waals surface area (Å²) < 4.78 is 34.2. The lowest BCUT2D eigenvalue weighted by atomic mass is 10.2. The van der Waals surface area contributed by atoms with Gasteiger partial charge in [0.1, 0.15) is 5.69 Å². The molecule has 0 atom stereocenters. The van der Waals surface area contributed by atoms with Crippen molar-refractivity contribution in [3.63, 3.8) is 0 Å². The van der Waals surface area contributed by atoms with Crippen LogP contribution in [0.25, 0.3) is 5.69 Å². The standard InChI is InChI=1S/C20H16ClF2N3O4/c1-11-18(19(28)26(25(11)2)12-6-4-3-5-7-12)24-17(27)10-30-20(29)13-8-15(22)16(23)9-14(13)21/h3-9H,10H2,1-2H3,(H,24,27). The van der Waals surface area contributed by atoms with E-state index < -0.39 is 41.2 Å². The van der Waals surface area contributed by atoms with Crippen molar-refractivity contribution in [3.05, 3.63) is 80.7 Å². The number of carbonyl (C=O) groups excluding carboxylic acids is 2. The number of carbonyl (C=O) groups is 2. The maximum atomic E-state index is 13.3. The van der Waals surface area contributed by atoms with E-state index in [0.29, 0.717) is 23.5 Å². The summed E-state index contributed by atoms with van der Waals surface area (Å²) in [5, 5.41) is 2.06. The quantitative estimate of drug-likeness (QED) is 0.493. The molecule has 3 aromatic rings. The fourth-order valence-electron chi connectivity index (χ4n) is 2.78. The molecule has 0 radical (unpaired) electrons. The molecule has 3 rings (SSSR count). The first-order chi connectivity index (χ1) is 14.2. The zero-order valence-electron chi connectivity index (χ0n) is 15.9. The fraction of sp³-hybridized carbons (Fsp3) is 0.150. The summed E-state index contributed by atoms with van der Waals surface area (Å²) in [4.78, 5) is 37.0. The number of nitrogens with zero attached hydrogens (tertiary/aromatic N) is 2. The Hall–Kier alpha value is -3.46. The van der Waals surface area contributed by atoms with E-state index in [4.69, 9.17) is 16.3 Å². The predicted octanol–water partition coefficient (Wildman–Crippen LogP) is 3.21. The van der Waals surface area contributed by atoms with E-state index in [1.54, 1.807) is 49.0 Å². The molecule has 0 bridgehead atoms. The van der Waals surface area contributed by atoms with Gasteiger partial charge in [-0.25, -0.2) is 18.3 Å². The molecule has 0 aliphatic heterocycles. The maximum absolute atomic E-state index is 13.3. The number of nitrogens with one attached hydrogen (secondary N) is 1. The topological polar surface area (TPSA) is 82.3 Å². The van der Waals surface area contributed by atoms with Crippen LogP contribution in [0.15, 0.2) is 47.3 Å². The van der Waals surface area contributed by atoms with Crippen LogP contribution in [-0.2, 0) is 16.6 Å². The van der Waals surface area contributed by atoms with Crippen molar-refractivity contribution in [3.8, 4) is 5.69 Å². The highest BCUT2D eigenvalue weighted by Gasteiger charge is 2.20. The lowest BCUT2D eigenvalue weighted by Gasteiger charge is -2.07. The van der Waals surface area contributed by atoms with Crippen LogP contribution in [0.3, 0.4) is 0 Å². The molecule has 0 saturated carbocycles. The van der Waals surface area contributed by atoms with Gasteiger partial charge in [0.15, 0.2) is 18.2 Å². The molecule has 2 aromatic carbocycles. The van der Waals surface area contributed by atoms with E-state index in [0.717, 1.165) is 0 Å². The number of hydrogen-bond acceptors (Lipinski definition) is 4. The number of ether oxygens (including phenoxy) is 1. The van der Waals surface area contributed by atoms with Crippen LogP contribution < -0.4 is 10.9 Å². The zero-order chi connectivity index (χ0) is 22.0. The van der Waals surface area contributed by atoms with E-state index in [1.807, 2.05) is 0 Å². The Morgan fingerprint density at radius 1 is 1.13 bits per heavy atom. The summed E-state index contributed by atoms with van der Waals surface area (Å²) >= 11 is 5.71. The van der Waals surface area contributed by atoms with Gasteiger partial charge in [0.2, 0.25) is 0 Å². The number of amides is 1. The summed E-state index contributed by atoms with van der Waals surface area (Å²) in [6, 6.07) is 10.0. The van der Waals surface area contributed by atoms with Gasteiger partial charge in [0.05, 0.1) is 22.0 Å². The van der Waals surface area contributed by atoms with Gasteiger partial charge in [-0.1, -0.05) is 29.8 Å². The monoisotopic (exact) mass is 435 g/mol. The Morgan fingerprint density at radius 2 is 1.77 bits per heavy atom. The summed E-state index contributed by atoms with van der Waals surface area (Å²) in [6.07, 6.45) is 0. The van der Waals surface area contributed by atoms with Crippen LogP contribution in [0.4, 0.5) is 14.5 Å². The van der Waals surface area contributed by atoms with Gasteiger partial charge in [-0.05, 0) is 31.2 Å². The predicted molar refractivity (Wildman–Crippen MR) is 106 cm³/mol. The number of rotatable bonds is 5. The molecule has 0 fully saturated rings. The highest BCUT2D eigenvalue weighted by molar-refractivity contribution is 6.33. The number of benzene rings is 2. The molecular formula is C20H16ClF2N3O4. The second-order valence-electron chi connectivity index (χ2n) is 6.31. The van der Waals surface area contributed by atoms with Crippen LogP contribution in [0.5, 0.6) is 0 Å². The summed E-state index contributed by atoms with van der Waals surface area (Å²) in [7, 11) is 1.66. The Morgan fingerprint density at radius 3 is 2.43 bits per heavy atom. The molecule has 1 aromatic heterocycles. The molecule has 10 heteroatoms. The normalized spacial score (nSPS) is 10.7. The van der Waals surface area contributed by atoms with Gasteiger partial charge >= 0.3 is 5.97 Å². The molecule has 0 aliphatic rings. The highest BCUT2D eigenvalue weighted by atomic mass is 35.5. The summed E-state index contributed by atoms with van der Waals surface area (Å²) in [5.41, 5.74) is 0.212. The molecule has 1 N–H and O–H groups in total. The number of aromatic nitrogens is 2. The first kappa shape index (κ1) is 21.3. The van der Waals surface area contributed by atoms with E-state index in [1.165, 1.54) is 4.68 Å². The fourth-order valence-corrected chi connectivity index (χ4v) is 3.00. The van der Waals surface area contributed by atoms with Crippen molar-refractivity contribution in [2.24, 2.45) is 7.05 Å². The lowest BCUT2D eigenvalue weighted by Crippen LogP contribution is -2.26. The van der Waals surface area contributed by atoms with Crippen LogP contribution in [0, 0.1) is 18.6 Å². The molecule has 0 saturated heterocycles. The van der Waals surface area contributed by atoms with Gasteiger partial charge in [-0.3, -0.25) is 14.3 Å². The maximum Gasteiger partial charge on any atom is 0.340 e. The highest BCUT2D eigenvalue weighted by Crippen LogP contribution is 2.21. The Balaban J connectivity index is 1.74. The third-order valence-electron chi connectivity index (χ3n) is 4.38. The van der Waals surface area contributed by atoms with Gasteiger partial charge < -0.3 is 10.1 Å². The van der Waals surface area contributed by atoms with Crippen molar-refractivity contribution in [2.75, 3.05) is 11.9 Å². The number of hydrogen-bond donors (Lipinski definition) is 1. The second-order valence-corrected chi connectivity index (χ2v) is 6.71. The number of esters is 1. The molecule has 156 valence electrons. The largest absolute Gasteiger partial charge is 0.452 e. The Labute approximate surface area is 174 Å². The smallest absolute Gasteiger partial charge is 0.340 e. The third-order valence-corrected chi connectivity index (χ3v) is 4.70. The average molecular weight is 436 g/mol. The summed E-state index contributed by atoms with van der Waals surface area (Å²) in [6.45, 7) is 0.886. The van der Waals surface area contributed by atoms with Crippen LogP contribution in [0.1, 0.15) is 16.1 Å². The number of anilines is 1. The van der Waals surface area contributed by atoms with Crippen molar-refractivity contribution in [1.29, 1.82) is 0 Å². The van der Waals surface area contributed by atoms with Crippen molar-refractivity contribution in [1.82, 2.24) is 9.36 Å². The SMILES string of the molecule is Cc1c(NC(=O)COC(=O)c2cc(F)c(F)cc2Cl)c(=O)n(-c2ccccc2)n1C. The minimum Gasteiger partial charge on any atom is -0.452 e. The van der Waals surface area contributed by atoms with Crippen molar-refractivity contribution >= 4 is 29.2 Å². The van der Waals surface area contributed by atoms with Gasteiger partial charge in [-0.15, -0.1) is 0 Å². The molecule has 1 amide bonds. The number of halogens is 3. The minimum absolute atomic E-state index is 0.0215. The zero-order valence-corrected chi connectivity index (χ0v) is 16.7. The lowest BCUT2D eigenvalue weighted by molar-refractivity contribution is -0.119. The van der Waals surface area contributed by atoms with Crippen molar-refractivity contribution in [2.45, 2.75) is 6.92 Å². The first-order valence-electron chi connectivity index (χ1n) is 8.66. The molecule has 0 spiro atoms. The molecule has 7 nitrogen and oxygen atoms in total. The Kier molecular flexibility index (Phi) is 6.02. The molecule has 30 heavy (non-hydrogen) atoms. The van der Waals surface area contributed by atoms with Gasteiger partial charge in [-0.2, -0.15) is 0 Å². The van der Waals surface area contributed by atoms with E-state index in [9.17, 15) is 23.2 Å². The van der Waals surface area contributed by atoms with E-state index in [2.05, 4.69) is 5.32 Å². The minimum atomic E-state index is -1.28. The van der Waals surface area contributed by atoms with Crippen molar-refractivity contribution < 1.29 is 23.1 Å². The molecular weight excluding hydrogens is 420 g/mol. The van der Waals surface area contributed by atoms with Gasteiger partial charge in [0.25, 0.3) is 11.5 Å². The summed E-state index contributed by atoms with van der Waals surface area (Å²) in [5.74, 6) is -4.39. The van der Waals surface area contributed by atoms with E-state index >= 15 is 0 Å². The van der Waals surface area contributed by atoms with Crippen LogP contribution in [0.2, 0.25) is 5.02 Å². The average Bonchev–Trinajstić information content (AvgIpc) is 2.92. The van der Waals surface area contributed by atoms with E-state index in [-0.39, 0.29) is 10.7 Å². The molecule has 0 aliphatic carbocycles. The number of para-hydroxylation sites is 1. The second kappa shape index (κ2) is 8.50. The molecule has 0 unspecified atom stereocenters. The van der Waals surface area contributed by atoms with Gasteiger partial charge in [0, 0.05) is 7.05 Å².